The first-order valence-electron chi connectivity index (χ1n) is 3.98. The van der Waals surface area contributed by atoms with Crippen LogP contribution in [-0.4, -0.2) is 18.0 Å². The summed E-state index contributed by atoms with van der Waals surface area (Å²) < 4.78 is 79.0. The monoisotopic (exact) mass is 242 g/mol. The second-order valence-corrected chi connectivity index (χ2v) is 3.87. The highest BCUT2D eigenvalue weighted by molar-refractivity contribution is 4.69. The van der Waals surface area contributed by atoms with Crippen LogP contribution in [0, 0.1) is 5.92 Å². The van der Waals surface area contributed by atoms with E-state index in [1.807, 2.05) is 0 Å². The summed E-state index contributed by atoms with van der Waals surface area (Å²) in [6, 6.07) is 0. The van der Waals surface area contributed by atoms with Gasteiger partial charge in [-0.05, 0) is 27.7 Å². The molecule has 0 unspecified atom stereocenters. The van der Waals surface area contributed by atoms with Crippen LogP contribution in [0.1, 0.15) is 27.7 Å². The minimum absolute atomic E-state index is 0.0833. The molecule has 0 aliphatic heterocycles. The van der Waals surface area contributed by atoms with Gasteiger partial charge in [0.1, 0.15) is 11.6 Å². The highest BCUT2D eigenvalue weighted by Crippen LogP contribution is 2.38. The second-order valence-electron chi connectivity index (χ2n) is 3.87. The zero-order valence-electron chi connectivity index (χ0n) is 8.72. The van der Waals surface area contributed by atoms with Crippen molar-refractivity contribution >= 4 is 0 Å². The average Bonchev–Trinajstić information content (AvgIpc) is 1.77. The van der Waals surface area contributed by atoms with E-state index in [2.05, 4.69) is 0 Å². The summed E-state index contributed by atoms with van der Waals surface area (Å²) in [7, 11) is 0. The van der Waals surface area contributed by atoms with Crippen molar-refractivity contribution < 1.29 is 30.7 Å². The fraction of sp³-hybridized carbons (Fsp3) is 1.00. The predicted molar refractivity (Wildman–Crippen MR) is 42.1 cm³/mol. The van der Waals surface area contributed by atoms with E-state index < -0.39 is 23.9 Å². The van der Waals surface area contributed by atoms with Gasteiger partial charge in [0.2, 0.25) is 0 Å². The van der Waals surface area contributed by atoms with Gasteiger partial charge in [-0.15, -0.1) is 0 Å². The maximum atomic E-state index is 11.7. The first-order valence-corrected chi connectivity index (χ1v) is 3.98. The number of hydrogen-bond acceptors (Lipinski definition) is 0. The van der Waals surface area contributed by atoms with Crippen molar-refractivity contribution in [1.29, 1.82) is 0 Å². The van der Waals surface area contributed by atoms with Crippen molar-refractivity contribution in [2.24, 2.45) is 5.92 Å². The van der Waals surface area contributed by atoms with Crippen molar-refractivity contribution in [3.8, 4) is 0 Å². The Kier molecular flexibility index (Phi) is 5.67. The Morgan fingerprint density at radius 1 is 0.667 bits per heavy atom. The molecule has 0 aromatic carbocycles. The molecule has 0 saturated carbocycles. The first kappa shape index (κ1) is 16.9. The zero-order chi connectivity index (χ0) is 13.1. The van der Waals surface area contributed by atoms with Gasteiger partial charge in [0.05, 0.1) is 0 Å². The van der Waals surface area contributed by atoms with Crippen molar-refractivity contribution in [1.82, 2.24) is 0 Å². The molecule has 0 saturated heterocycles. The van der Waals surface area contributed by atoms with Crippen molar-refractivity contribution in [3.63, 3.8) is 0 Å². The Morgan fingerprint density at radius 3 is 0.800 bits per heavy atom. The highest BCUT2D eigenvalue weighted by Gasteiger charge is 2.53. The molecule has 0 aromatic heterocycles. The second kappa shape index (κ2) is 5.03. The van der Waals surface area contributed by atoms with E-state index in [0.717, 1.165) is 0 Å². The van der Waals surface area contributed by atoms with Crippen molar-refractivity contribution in [3.05, 3.63) is 0 Å². The summed E-state index contributed by atoms with van der Waals surface area (Å²) in [6.45, 7) is 4.65. The molecule has 0 spiro atoms. The predicted octanol–water partition coefficient (Wildman–Crippen LogP) is 4.50. The standard InChI is InChI=1S/C4H4F6.C4H9F/c1-2(3(5,6)7)4(8,9)10;1-4(2,3)5/h2H,1H3;1-3H3. The average molecular weight is 242 g/mol. The molecule has 0 heterocycles. The van der Waals surface area contributed by atoms with Crippen LogP contribution in [0.2, 0.25) is 0 Å². The lowest BCUT2D eigenvalue weighted by atomic mass is 10.2. The van der Waals surface area contributed by atoms with Crippen LogP contribution in [0.15, 0.2) is 0 Å². The first-order chi connectivity index (χ1) is 6.15. The molecule has 94 valence electrons. The van der Waals surface area contributed by atoms with Gasteiger partial charge in [-0.2, -0.15) is 26.3 Å². The molecule has 0 N–H and O–H groups in total. The van der Waals surface area contributed by atoms with Crippen LogP contribution >= 0.6 is 0 Å². The SMILES string of the molecule is CC(C(F)(F)F)C(F)(F)F.CC(C)(C)F. The molecule has 7 heteroatoms. The topological polar surface area (TPSA) is 0 Å². The van der Waals surface area contributed by atoms with Crippen LogP contribution < -0.4 is 0 Å². The zero-order valence-corrected chi connectivity index (χ0v) is 8.72. The fourth-order valence-electron chi connectivity index (χ4n) is 0.186. The van der Waals surface area contributed by atoms with Crippen molar-refractivity contribution in [2.45, 2.75) is 45.7 Å². The molecule has 0 radical (unpaired) electrons. The summed E-state index contributed by atoms with van der Waals surface area (Å²) in [4.78, 5) is 0. The van der Waals surface area contributed by atoms with E-state index >= 15 is 0 Å². The number of halogens is 7. The third-order valence-corrected chi connectivity index (χ3v) is 0.982. The minimum Gasteiger partial charge on any atom is -0.245 e. The molecule has 0 atom stereocenters. The summed E-state index contributed by atoms with van der Waals surface area (Å²) in [5.74, 6) is -3.24. The van der Waals surface area contributed by atoms with E-state index in [0.29, 0.717) is 0 Å². The molecule has 0 aliphatic rings. The van der Waals surface area contributed by atoms with Gasteiger partial charge >= 0.3 is 12.4 Å². The lowest BCUT2D eigenvalue weighted by Gasteiger charge is -2.17. The van der Waals surface area contributed by atoms with Crippen LogP contribution in [0.5, 0.6) is 0 Å². The van der Waals surface area contributed by atoms with Gasteiger partial charge in [-0.25, -0.2) is 4.39 Å². The lowest BCUT2D eigenvalue weighted by Crippen LogP contribution is -2.33. The fourth-order valence-corrected chi connectivity index (χ4v) is 0.186. The molecular weight excluding hydrogens is 229 g/mol. The molecular formula is C8H13F7. The molecule has 0 nitrogen and oxygen atoms in total. The Balaban J connectivity index is 0. The van der Waals surface area contributed by atoms with Gasteiger partial charge in [-0.3, -0.25) is 0 Å². The number of rotatable bonds is 0. The maximum Gasteiger partial charge on any atom is 0.400 e. The number of alkyl halides is 7. The molecule has 0 rings (SSSR count). The van der Waals surface area contributed by atoms with Gasteiger partial charge in [-0.1, -0.05) is 0 Å². The summed E-state index contributed by atoms with van der Waals surface area (Å²) in [5.41, 5.74) is -1.00. The lowest BCUT2D eigenvalue weighted by molar-refractivity contribution is -0.278. The molecule has 0 aromatic rings. The Labute approximate surface area is 83.5 Å². The van der Waals surface area contributed by atoms with Crippen molar-refractivity contribution in [2.75, 3.05) is 0 Å². The smallest absolute Gasteiger partial charge is 0.245 e. The van der Waals surface area contributed by atoms with E-state index in [-0.39, 0.29) is 6.92 Å². The van der Waals surface area contributed by atoms with Crippen LogP contribution in [0.4, 0.5) is 30.7 Å². The van der Waals surface area contributed by atoms with Crippen LogP contribution in [0.25, 0.3) is 0 Å². The van der Waals surface area contributed by atoms with Gasteiger partial charge in [0.25, 0.3) is 0 Å². The molecule has 0 aliphatic carbocycles. The van der Waals surface area contributed by atoms with E-state index in [9.17, 15) is 30.7 Å². The largest absolute Gasteiger partial charge is 0.400 e. The van der Waals surface area contributed by atoms with Gasteiger partial charge in [0.15, 0.2) is 0 Å². The molecule has 0 fully saturated rings. The Morgan fingerprint density at radius 2 is 0.800 bits per heavy atom. The molecule has 0 bridgehead atoms. The summed E-state index contributed by atoms with van der Waals surface area (Å²) >= 11 is 0. The van der Waals surface area contributed by atoms with Crippen LogP contribution in [-0.2, 0) is 0 Å². The molecule has 15 heavy (non-hydrogen) atoms. The summed E-state index contributed by atoms with van der Waals surface area (Å²) in [6.07, 6.45) is -10.4. The highest BCUT2D eigenvalue weighted by atomic mass is 19.4. The number of hydrogen-bond donors (Lipinski definition) is 0. The maximum absolute atomic E-state index is 11.7. The Bertz CT molecular complexity index is 151. The third kappa shape index (κ3) is 13.5. The third-order valence-electron chi connectivity index (χ3n) is 0.982. The minimum atomic E-state index is -5.18. The van der Waals surface area contributed by atoms with Gasteiger partial charge in [0, 0.05) is 0 Å². The van der Waals surface area contributed by atoms with E-state index in [1.54, 1.807) is 0 Å². The Hall–Kier alpha value is -0.490. The quantitative estimate of drug-likeness (QED) is 0.548. The molecule has 0 amide bonds. The van der Waals surface area contributed by atoms with E-state index in [4.69, 9.17) is 0 Å². The van der Waals surface area contributed by atoms with E-state index in [1.165, 1.54) is 20.8 Å². The normalized spacial score (nSPS) is 13.6. The summed E-state index contributed by atoms with van der Waals surface area (Å²) in [5, 5.41) is 0. The van der Waals surface area contributed by atoms with Gasteiger partial charge < -0.3 is 0 Å². The van der Waals surface area contributed by atoms with Crippen LogP contribution in [0.3, 0.4) is 0 Å².